The molecule has 8 heteroatoms. The number of ether oxygens (including phenoxy) is 2. The van der Waals surface area contributed by atoms with Gasteiger partial charge < -0.3 is 24.6 Å². The Morgan fingerprint density at radius 1 is 0.833 bits per heavy atom. The molecule has 0 radical (unpaired) electrons. The Morgan fingerprint density at radius 2 is 1.55 bits per heavy atom. The zero-order valence-corrected chi connectivity index (χ0v) is 23.1. The lowest BCUT2D eigenvalue weighted by Gasteiger charge is -2.26. The maximum absolute atomic E-state index is 13.5. The molecule has 42 heavy (non-hydrogen) atoms. The highest BCUT2D eigenvalue weighted by atomic mass is 16.5. The largest absolute Gasteiger partial charge is 0.507 e. The molecule has 1 heterocycles. The number of carbonyl (C=O) groups is 3. The minimum atomic E-state index is -1.06. The zero-order valence-electron chi connectivity index (χ0n) is 23.1. The summed E-state index contributed by atoms with van der Waals surface area (Å²) < 4.78 is 11.4. The third-order valence-corrected chi connectivity index (χ3v) is 7.19. The first-order valence-corrected chi connectivity index (χ1v) is 13.3. The normalized spacial score (nSPS) is 16.0. The summed E-state index contributed by atoms with van der Waals surface area (Å²) in [6.45, 7) is 2.24. The number of carboxylic acid groups (broad SMARTS) is 1. The van der Waals surface area contributed by atoms with Gasteiger partial charge in [0.05, 0.1) is 24.3 Å². The van der Waals surface area contributed by atoms with Crippen molar-refractivity contribution in [3.8, 4) is 11.5 Å². The molecule has 1 aliphatic rings. The quantitative estimate of drug-likeness (QED) is 0.148. The number of amides is 1. The average molecular weight is 564 g/mol. The fourth-order valence-corrected chi connectivity index (χ4v) is 5.00. The zero-order chi connectivity index (χ0) is 29.8. The molecule has 4 aromatic carbocycles. The smallest absolute Gasteiger partial charge is 0.335 e. The molecule has 0 spiro atoms. The number of carbonyl (C=O) groups excluding carboxylic acids is 2. The highest BCUT2D eigenvalue weighted by Crippen LogP contribution is 2.41. The molecule has 8 nitrogen and oxygen atoms in total. The Labute approximate surface area is 243 Å². The fourth-order valence-electron chi connectivity index (χ4n) is 5.00. The number of likely N-dealkylation sites (tertiary alicyclic amines) is 1. The van der Waals surface area contributed by atoms with Crippen molar-refractivity contribution >= 4 is 23.4 Å². The SMILES string of the molecule is COc1cccc(C2/C(=C(/O)c3ccc(OCc4ccccc4)c(C)c3)C(=O)C(=O)N2Cc2ccc(C(=O)O)cc2)c1. The van der Waals surface area contributed by atoms with Crippen LogP contribution in [0.5, 0.6) is 11.5 Å². The van der Waals surface area contributed by atoms with Crippen LogP contribution in [0.1, 0.15) is 44.2 Å². The first-order valence-electron chi connectivity index (χ1n) is 13.3. The Bertz CT molecular complexity index is 1680. The molecule has 2 N–H and O–H groups in total. The van der Waals surface area contributed by atoms with Crippen molar-refractivity contribution < 1.29 is 34.1 Å². The molecule has 1 aliphatic heterocycles. The molecule has 1 amide bonds. The Kier molecular flexibility index (Phi) is 8.06. The third kappa shape index (κ3) is 5.74. The predicted octanol–water partition coefficient (Wildman–Crippen LogP) is 5.90. The van der Waals surface area contributed by atoms with Gasteiger partial charge in [0.2, 0.25) is 0 Å². The highest BCUT2D eigenvalue weighted by molar-refractivity contribution is 6.46. The number of aromatic carboxylic acids is 1. The molecule has 1 atom stereocenters. The van der Waals surface area contributed by atoms with Gasteiger partial charge in [-0.25, -0.2) is 4.79 Å². The lowest BCUT2D eigenvalue weighted by atomic mass is 9.94. The molecule has 0 bridgehead atoms. The summed E-state index contributed by atoms with van der Waals surface area (Å²) in [4.78, 5) is 39.5. The van der Waals surface area contributed by atoms with Gasteiger partial charge in [0, 0.05) is 12.1 Å². The first kappa shape index (κ1) is 28.2. The number of carboxylic acids is 1. The van der Waals surface area contributed by atoms with Crippen molar-refractivity contribution in [2.75, 3.05) is 7.11 Å². The van der Waals surface area contributed by atoms with Crippen molar-refractivity contribution in [1.29, 1.82) is 0 Å². The minimum absolute atomic E-state index is 0.0222. The van der Waals surface area contributed by atoms with Crippen LogP contribution in [0.3, 0.4) is 0 Å². The van der Waals surface area contributed by atoms with E-state index in [-0.39, 0.29) is 23.4 Å². The molecular weight excluding hydrogens is 534 g/mol. The van der Waals surface area contributed by atoms with E-state index in [1.807, 2.05) is 37.3 Å². The van der Waals surface area contributed by atoms with E-state index in [1.54, 1.807) is 54.6 Å². The van der Waals surface area contributed by atoms with Crippen LogP contribution in [-0.4, -0.2) is 39.9 Å². The van der Waals surface area contributed by atoms with Crippen LogP contribution >= 0.6 is 0 Å². The van der Waals surface area contributed by atoms with Gasteiger partial charge in [-0.15, -0.1) is 0 Å². The van der Waals surface area contributed by atoms with Crippen LogP contribution in [0.25, 0.3) is 5.76 Å². The molecule has 0 saturated carbocycles. The number of benzene rings is 4. The summed E-state index contributed by atoms with van der Waals surface area (Å²) in [7, 11) is 1.52. The van der Waals surface area contributed by atoms with E-state index < -0.39 is 23.7 Å². The van der Waals surface area contributed by atoms with Crippen LogP contribution in [0.2, 0.25) is 0 Å². The highest BCUT2D eigenvalue weighted by Gasteiger charge is 2.46. The summed E-state index contributed by atoms with van der Waals surface area (Å²) in [5.41, 5.74) is 3.41. The first-order chi connectivity index (χ1) is 20.3. The van der Waals surface area contributed by atoms with Crippen molar-refractivity contribution in [1.82, 2.24) is 4.90 Å². The van der Waals surface area contributed by atoms with Crippen molar-refractivity contribution in [2.45, 2.75) is 26.1 Å². The van der Waals surface area contributed by atoms with Gasteiger partial charge >= 0.3 is 5.97 Å². The van der Waals surface area contributed by atoms with Crippen LogP contribution in [-0.2, 0) is 22.7 Å². The summed E-state index contributed by atoms with van der Waals surface area (Å²) in [6.07, 6.45) is 0. The van der Waals surface area contributed by atoms with Gasteiger partial charge in [-0.2, -0.15) is 0 Å². The molecular formula is C34H29NO7. The summed E-state index contributed by atoms with van der Waals surface area (Å²) >= 11 is 0. The van der Waals surface area contributed by atoms with Crippen molar-refractivity contribution in [3.63, 3.8) is 0 Å². The van der Waals surface area contributed by atoms with Gasteiger partial charge in [0.1, 0.15) is 23.9 Å². The number of Topliss-reactive ketones (excluding diaryl/α,β-unsaturated/α-hetero) is 1. The molecule has 1 fully saturated rings. The second-order valence-electron chi connectivity index (χ2n) is 9.96. The average Bonchev–Trinajstić information content (AvgIpc) is 3.25. The third-order valence-electron chi connectivity index (χ3n) is 7.19. The Balaban J connectivity index is 1.52. The van der Waals surface area contributed by atoms with Gasteiger partial charge in [-0.3, -0.25) is 9.59 Å². The lowest BCUT2D eigenvalue weighted by Crippen LogP contribution is -2.29. The number of ketones is 1. The Hall–Kier alpha value is -5.37. The monoisotopic (exact) mass is 563 g/mol. The summed E-state index contributed by atoms with van der Waals surface area (Å²) in [5, 5.41) is 20.8. The maximum atomic E-state index is 13.5. The van der Waals surface area contributed by atoms with E-state index >= 15 is 0 Å². The van der Waals surface area contributed by atoms with Crippen molar-refractivity contribution in [2.24, 2.45) is 0 Å². The van der Waals surface area contributed by atoms with Crippen molar-refractivity contribution in [3.05, 3.63) is 136 Å². The number of aliphatic hydroxyl groups is 1. The predicted molar refractivity (Wildman–Crippen MR) is 156 cm³/mol. The second-order valence-corrected chi connectivity index (χ2v) is 9.96. The number of hydrogen-bond acceptors (Lipinski definition) is 6. The van der Waals surface area contributed by atoms with Gasteiger partial charge in [-0.1, -0.05) is 54.6 Å². The van der Waals surface area contributed by atoms with Crippen LogP contribution in [0.15, 0.2) is 103 Å². The van der Waals surface area contributed by atoms with Crippen LogP contribution in [0, 0.1) is 6.92 Å². The van der Waals surface area contributed by atoms with E-state index in [1.165, 1.54) is 24.1 Å². The molecule has 0 aromatic heterocycles. The van der Waals surface area contributed by atoms with E-state index in [9.17, 15) is 24.6 Å². The number of aryl methyl sites for hydroxylation is 1. The van der Waals surface area contributed by atoms with E-state index in [0.29, 0.717) is 34.8 Å². The van der Waals surface area contributed by atoms with Crippen LogP contribution < -0.4 is 9.47 Å². The molecule has 1 unspecified atom stereocenters. The standard InChI is InChI=1S/C34H29NO7/c1-21-17-26(15-16-28(21)42-20-23-7-4-3-5-8-23)31(36)29-30(25-9-6-10-27(18-25)41-2)35(33(38)32(29)37)19-22-11-13-24(14-12-22)34(39)40/h3-18,30,36H,19-20H2,1-2H3,(H,39,40)/b31-29-. The number of hydrogen-bond donors (Lipinski definition) is 2. The molecule has 1 saturated heterocycles. The number of nitrogens with zero attached hydrogens (tertiary/aromatic N) is 1. The number of methoxy groups -OCH3 is 1. The van der Waals surface area contributed by atoms with Gasteiger partial charge in [-0.05, 0) is 71.6 Å². The number of rotatable bonds is 9. The molecule has 0 aliphatic carbocycles. The molecule has 212 valence electrons. The summed E-state index contributed by atoms with van der Waals surface area (Å²) in [5.74, 6) is -1.80. The fraction of sp³-hybridized carbons (Fsp3) is 0.147. The molecule has 4 aromatic rings. The van der Waals surface area contributed by atoms with Gasteiger partial charge in [0.15, 0.2) is 0 Å². The van der Waals surface area contributed by atoms with E-state index in [4.69, 9.17) is 9.47 Å². The van der Waals surface area contributed by atoms with E-state index in [0.717, 1.165) is 11.1 Å². The lowest BCUT2D eigenvalue weighted by molar-refractivity contribution is -0.140. The van der Waals surface area contributed by atoms with Gasteiger partial charge in [0.25, 0.3) is 11.7 Å². The van der Waals surface area contributed by atoms with Crippen LogP contribution in [0.4, 0.5) is 0 Å². The topological polar surface area (TPSA) is 113 Å². The molecule has 5 rings (SSSR count). The summed E-state index contributed by atoms with van der Waals surface area (Å²) in [6, 6.07) is 27.0. The maximum Gasteiger partial charge on any atom is 0.335 e. The second kappa shape index (κ2) is 12.0. The minimum Gasteiger partial charge on any atom is -0.507 e. The number of aliphatic hydroxyl groups excluding tert-OH is 1. The van der Waals surface area contributed by atoms with E-state index in [2.05, 4.69) is 0 Å². The Morgan fingerprint density at radius 3 is 2.21 bits per heavy atom.